The first-order chi connectivity index (χ1) is 5.25. The van der Waals surface area contributed by atoms with E-state index in [-0.39, 0.29) is 0 Å². The molecule has 0 atom stereocenters. The van der Waals surface area contributed by atoms with E-state index in [1.165, 1.54) is 0 Å². The molecule has 1 N–H and O–H groups in total. The molecule has 1 rings (SSSR count). The average Bonchev–Trinajstić information content (AvgIpc) is 2.04. The number of rotatable bonds is 2. The minimum Gasteiger partial charge on any atom is -0.305 e. The summed E-state index contributed by atoms with van der Waals surface area (Å²) in [5, 5.41) is 7.49. The number of aryl methyl sites for hydroxylation is 1. The Morgan fingerprint density at radius 3 is 2.64 bits per heavy atom. The predicted molar refractivity (Wildman–Crippen MR) is 48.6 cm³/mol. The van der Waals surface area contributed by atoms with E-state index in [1.54, 1.807) is 0 Å². The monoisotopic (exact) mass is 143 g/mol. The van der Waals surface area contributed by atoms with Crippen LogP contribution in [0.4, 0.5) is 0 Å². The van der Waals surface area contributed by atoms with Crippen LogP contribution >= 0.6 is 0 Å². The zero-order valence-electron chi connectivity index (χ0n) is 6.59. The number of nitrogens with one attached hydrogen (secondary N) is 1. The first kappa shape index (κ1) is 8.06. The summed E-state index contributed by atoms with van der Waals surface area (Å²) in [5.41, 5.74) is 2.57. The summed E-state index contributed by atoms with van der Waals surface area (Å²) < 4.78 is 0. The molecule has 0 unspecified atom stereocenters. The third-order valence-electron chi connectivity index (χ3n) is 1.67. The lowest BCUT2D eigenvalue weighted by Crippen LogP contribution is -1.99. The van der Waals surface area contributed by atoms with E-state index in [4.69, 9.17) is 13.3 Å². The van der Waals surface area contributed by atoms with Gasteiger partial charge >= 0.3 is 0 Å². The lowest BCUT2D eigenvalue weighted by molar-refractivity contribution is 1.38. The summed E-state index contributed by atoms with van der Waals surface area (Å²) in [6.45, 7) is 1.99. The van der Waals surface area contributed by atoms with Gasteiger partial charge in [-0.05, 0) is 24.4 Å². The number of hydrogen-bond donors (Lipinski definition) is 1. The molecule has 1 aromatic rings. The summed E-state index contributed by atoms with van der Waals surface area (Å²) in [5.74, 6) is 0. The largest absolute Gasteiger partial charge is 0.305 e. The normalized spacial score (nSPS) is 9.55. The highest BCUT2D eigenvalue weighted by atomic mass is 14.4. The van der Waals surface area contributed by atoms with Crippen LogP contribution in [0.3, 0.4) is 0 Å². The molecule has 0 spiro atoms. The molecular formula is C9H10BN. The van der Waals surface area contributed by atoms with Crippen molar-refractivity contribution in [2.45, 2.75) is 13.2 Å². The molecule has 1 aromatic carbocycles. The van der Waals surface area contributed by atoms with Gasteiger partial charge in [0.15, 0.2) is 0 Å². The van der Waals surface area contributed by atoms with E-state index in [0.29, 0.717) is 12.0 Å². The highest BCUT2D eigenvalue weighted by molar-refractivity contribution is 6.25. The molecule has 54 valence electrons. The van der Waals surface area contributed by atoms with E-state index < -0.39 is 0 Å². The van der Waals surface area contributed by atoms with Gasteiger partial charge in [0.1, 0.15) is 0 Å². The molecule has 0 aromatic heterocycles. The molecule has 2 heteroatoms. The molecule has 0 saturated heterocycles. The van der Waals surface area contributed by atoms with Gasteiger partial charge < -0.3 is 5.41 Å². The van der Waals surface area contributed by atoms with E-state index >= 15 is 0 Å². The fourth-order valence-corrected chi connectivity index (χ4v) is 1.02. The molecule has 0 amide bonds. The maximum absolute atomic E-state index is 7.49. The Hall–Kier alpha value is -1.05. The van der Waals surface area contributed by atoms with E-state index in [2.05, 4.69) is 0 Å². The van der Waals surface area contributed by atoms with Crippen molar-refractivity contribution in [3.05, 3.63) is 35.4 Å². The Balaban J connectivity index is 3.03. The van der Waals surface area contributed by atoms with Crippen LogP contribution in [0.5, 0.6) is 0 Å². The molecule has 0 heterocycles. The molecule has 0 saturated carbocycles. The van der Waals surface area contributed by atoms with Crippen LogP contribution in [0.15, 0.2) is 24.3 Å². The highest BCUT2D eigenvalue weighted by Gasteiger charge is 1.99. The van der Waals surface area contributed by atoms with Gasteiger partial charge in [0.2, 0.25) is 0 Å². The molecule has 0 aliphatic carbocycles. The van der Waals surface area contributed by atoms with Gasteiger partial charge in [-0.25, -0.2) is 0 Å². The SMILES string of the molecule is [B]CC(=N)c1ccccc1C. The quantitative estimate of drug-likeness (QED) is 0.483. The van der Waals surface area contributed by atoms with E-state index in [0.717, 1.165) is 11.1 Å². The van der Waals surface area contributed by atoms with Crippen molar-refractivity contribution >= 4 is 13.6 Å². The van der Waals surface area contributed by atoms with Crippen LogP contribution < -0.4 is 0 Å². The molecule has 0 aliphatic rings. The molecule has 11 heavy (non-hydrogen) atoms. The Morgan fingerprint density at radius 1 is 1.45 bits per heavy atom. The minimum absolute atomic E-state index is 0.310. The zero-order valence-corrected chi connectivity index (χ0v) is 6.59. The van der Waals surface area contributed by atoms with Crippen molar-refractivity contribution in [2.75, 3.05) is 0 Å². The summed E-state index contributed by atoms with van der Waals surface area (Å²) in [7, 11) is 5.35. The molecule has 0 aliphatic heterocycles. The molecule has 2 radical (unpaired) electrons. The fraction of sp³-hybridized carbons (Fsp3) is 0.222. The van der Waals surface area contributed by atoms with Crippen LogP contribution in [-0.4, -0.2) is 13.6 Å². The van der Waals surface area contributed by atoms with Gasteiger partial charge in [-0.1, -0.05) is 24.3 Å². The Labute approximate surface area is 68.4 Å². The molecule has 0 fully saturated rings. The molecular weight excluding hydrogens is 133 g/mol. The van der Waals surface area contributed by atoms with Crippen LogP contribution in [-0.2, 0) is 0 Å². The molecule has 0 bridgehead atoms. The lowest BCUT2D eigenvalue weighted by atomic mass is 9.93. The Kier molecular flexibility index (Phi) is 2.47. The van der Waals surface area contributed by atoms with Crippen molar-refractivity contribution in [3.8, 4) is 0 Å². The average molecular weight is 143 g/mol. The van der Waals surface area contributed by atoms with Crippen LogP contribution in [0.2, 0.25) is 6.32 Å². The number of hydrogen-bond acceptors (Lipinski definition) is 1. The highest BCUT2D eigenvalue weighted by Crippen LogP contribution is 2.08. The fourth-order valence-electron chi connectivity index (χ4n) is 1.02. The Morgan fingerprint density at radius 2 is 2.09 bits per heavy atom. The first-order valence-corrected chi connectivity index (χ1v) is 3.59. The summed E-state index contributed by atoms with van der Waals surface area (Å²) in [6.07, 6.45) is 0.310. The summed E-state index contributed by atoms with van der Waals surface area (Å²) >= 11 is 0. The second-order valence-electron chi connectivity index (χ2n) is 2.50. The second kappa shape index (κ2) is 3.38. The van der Waals surface area contributed by atoms with Gasteiger partial charge in [-0.15, -0.1) is 0 Å². The topological polar surface area (TPSA) is 23.9 Å². The Bertz CT molecular complexity index is 268. The van der Waals surface area contributed by atoms with Gasteiger partial charge in [0.05, 0.1) is 7.85 Å². The lowest BCUT2D eigenvalue weighted by Gasteiger charge is -2.03. The van der Waals surface area contributed by atoms with Crippen molar-refractivity contribution in [1.82, 2.24) is 0 Å². The van der Waals surface area contributed by atoms with Gasteiger partial charge in [0, 0.05) is 5.71 Å². The van der Waals surface area contributed by atoms with Crippen LogP contribution in [0.25, 0.3) is 0 Å². The van der Waals surface area contributed by atoms with Crippen LogP contribution in [0, 0.1) is 12.3 Å². The molecule has 1 nitrogen and oxygen atoms in total. The van der Waals surface area contributed by atoms with Crippen molar-refractivity contribution in [3.63, 3.8) is 0 Å². The van der Waals surface area contributed by atoms with E-state index in [1.807, 2.05) is 31.2 Å². The first-order valence-electron chi connectivity index (χ1n) is 3.59. The zero-order chi connectivity index (χ0) is 8.27. The third-order valence-corrected chi connectivity index (χ3v) is 1.67. The maximum atomic E-state index is 7.49. The minimum atomic E-state index is 0.310. The summed E-state index contributed by atoms with van der Waals surface area (Å²) in [4.78, 5) is 0. The summed E-state index contributed by atoms with van der Waals surface area (Å²) in [6, 6.07) is 7.79. The predicted octanol–water partition coefficient (Wildman–Crippen LogP) is 1.95. The van der Waals surface area contributed by atoms with Crippen molar-refractivity contribution in [2.24, 2.45) is 0 Å². The second-order valence-corrected chi connectivity index (χ2v) is 2.50. The van der Waals surface area contributed by atoms with Crippen molar-refractivity contribution < 1.29 is 0 Å². The van der Waals surface area contributed by atoms with Gasteiger partial charge in [-0.2, -0.15) is 0 Å². The van der Waals surface area contributed by atoms with Gasteiger partial charge in [0.25, 0.3) is 0 Å². The standard InChI is InChI=1S/C9H10BN/c1-7-4-2-3-5-8(7)9(11)6-10/h2-5,11H,6H2,1H3. The number of benzene rings is 1. The third kappa shape index (κ3) is 1.70. The van der Waals surface area contributed by atoms with E-state index in [9.17, 15) is 0 Å². The van der Waals surface area contributed by atoms with Gasteiger partial charge in [-0.3, -0.25) is 0 Å². The van der Waals surface area contributed by atoms with Crippen LogP contribution in [0.1, 0.15) is 11.1 Å². The smallest absolute Gasteiger partial charge is 0.0737 e. The maximum Gasteiger partial charge on any atom is 0.0737 e. The van der Waals surface area contributed by atoms with Crippen molar-refractivity contribution in [1.29, 1.82) is 5.41 Å².